The molecular formula is C10H12O5. The van der Waals surface area contributed by atoms with Crippen molar-refractivity contribution in [1.29, 1.82) is 0 Å². The molecule has 0 bridgehead atoms. The van der Waals surface area contributed by atoms with Gasteiger partial charge in [-0.25, -0.2) is 9.59 Å². The molecule has 0 amide bonds. The predicted octanol–water partition coefficient (Wildman–Crippen LogP) is 0.380. The van der Waals surface area contributed by atoms with Crippen LogP contribution in [0.5, 0.6) is 0 Å². The Labute approximate surface area is 87.0 Å². The average Bonchev–Trinajstić information content (AvgIpc) is 2.61. The molecule has 1 rings (SSSR count). The molecule has 0 aromatic rings. The first-order chi connectivity index (χ1) is 7.13. The number of hydrogen-bond acceptors (Lipinski definition) is 5. The topological polar surface area (TPSA) is 69.7 Å². The molecule has 0 heterocycles. The Hall–Kier alpha value is -1.65. The molecule has 1 atom stereocenters. The zero-order chi connectivity index (χ0) is 11.3. The van der Waals surface area contributed by atoms with E-state index in [0.29, 0.717) is 12.8 Å². The molecule has 0 spiro atoms. The number of ketones is 1. The maximum absolute atomic E-state index is 11.1. The first kappa shape index (κ1) is 11.4. The van der Waals surface area contributed by atoms with Gasteiger partial charge in [0.1, 0.15) is 0 Å². The lowest BCUT2D eigenvalue weighted by atomic mass is 10.3. The molecule has 0 aromatic carbocycles. The summed E-state index contributed by atoms with van der Waals surface area (Å²) < 4.78 is 9.13. The van der Waals surface area contributed by atoms with Crippen molar-refractivity contribution < 1.29 is 23.9 Å². The van der Waals surface area contributed by atoms with Crippen LogP contribution in [0.25, 0.3) is 0 Å². The van der Waals surface area contributed by atoms with E-state index in [9.17, 15) is 14.4 Å². The Morgan fingerprint density at radius 1 is 1.33 bits per heavy atom. The Balaban J connectivity index is 2.39. The van der Waals surface area contributed by atoms with Crippen molar-refractivity contribution in [2.45, 2.75) is 25.4 Å². The minimum Gasteiger partial charge on any atom is -0.466 e. The minimum atomic E-state index is -0.694. The highest BCUT2D eigenvalue weighted by Crippen LogP contribution is 2.17. The van der Waals surface area contributed by atoms with Gasteiger partial charge in [0.2, 0.25) is 0 Å². The van der Waals surface area contributed by atoms with Gasteiger partial charge < -0.3 is 9.47 Å². The van der Waals surface area contributed by atoms with Gasteiger partial charge in [0.15, 0.2) is 11.9 Å². The van der Waals surface area contributed by atoms with Crippen LogP contribution in [-0.2, 0) is 23.9 Å². The number of rotatable bonds is 3. The first-order valence-corrected chi connectivity index (χ1v) is 4.63. The lowest BCUT2D eigenvalue weighted by Crippen LogP contribution is -2.20. The third-order valence-corrected chi connectivity index (χ3v) is 2.06. The molecule has 1 fully saturated rings. The molecule has 82 valence electrons. The second-order valence-electron chi connectivity index (χ2n) is 3.14. The summed E-state index contributed by atoms with van der Waals surface area (Å²) in [6.07, 6.45) is 3.05. The molecule has 5 heteroatoms. The number of carbonyl (C=O) groups is 3. The van der Waals surface area contributed by atoms with E-state index in [1.54, 1.807) is 0 Å². The van der Waals surface area contributed by atoms with Crippen LogP contribution in [-0.4, -0.2) is 30.9 Å². The lowest BCUT2D eigenvalue weighted by Gasteiger charge is -2.07. The molecule has 1 aliphatic carbocycles. The fraction of sp³-hybridized carbons (Fsp3) is 0.500. The van der Waals surface area contributed by atoms with E-state index >= 15 is 0 Å². The summed E-state index contributed by atoms with van der Waals surface area (Å²) in [4.78, 5) is 32.8. The average molecular weight is 212 g/mol. The van der Waals surface area contributed by atoms with Crippen LogP contribution in [0.1, 0.15) is 19.3 Å². The number of Topliss-reactive ketones (excluding diaryl/α,β-unsaturated/α-hetero) is 1. The van der Waals surface area contributed by atoms with Crippen molar-refractivity contribution in [1.82, 2.24) is 0 Å². The summed E-state index contributed by atoms with van der Waals surface area (Å²) in [6, 6.07) is 0. The maximum atomic E-state index is 11.1. The highest BCUT2D eigenvalue weighted by atomic mass is 16.5. The fourth-order valence-electron chi connectivity index (χ4n) is 1.29. The molecule has 0 N–H and O–H groups in total. The summed E-state index contributed by atoms with van der Waals surface area (Å²) in [5, 5.41) is 0. The van der Waals surface area contributed by atoms with Gasteiger partial charge in [-0.3, -0.25) is 4.79 Å². The molecule has 0 saturated heterocycles. The van der Waals surface area contributed by atoms with Crippen LogP contribution in [0.4, 0.5) is 0 Å². The van der Waals surface area contributed by atoms with Crippen molar-refractivity contribution in [2.24, 2.45) is 0 Å². The van der Waals surface area contributed by atoms with Gasteiger partial charge in [-0.05, 0) is 12.8 Å². The molecule has 1 saturated carbocycles. The van der Waals surface area contributed by atoms with Gasteiger partial charge in [0.25, 0.3) is 0 Å². The number of carbonyl (C=O) groups excluding carboxylic acids is 3. The Bertz CT molecular complexity index is 305. The smallest absolute Gasteiger partial charge is 0.331 e. The van der Waals surface area contributed by atoms with Crippen LogP contribution < -0.4 is 0 Å². The number of esters is 2. The molecule has 0 aliphatic heterocycles. The van der Waals surface area contributed by atoms with Gasteiger partial charge >= 0.3 is 11.9 Å². The van der Waals surface area contributed by atoms with E-state index in [-0.39, 0.29) is 5.78 Å². The highest BCUT2D eigenvalue weighted by molar-refractivity contribution is 5.93. The van der Waals surface area contributed by atoms with Crippen molar-refractivity contribution in [3.8, 4) is 0 Å². The molecule has 15 heavy (non-hydrogen) atoms. The van der Waals surface area contributed by atoms with Crippen molar-refractivity contribution in [3.05, 3.63) is 12.2 Å². The Kier molecular flexibility index (Phi) is 4.03. The van der Waals surface area contributed by atoms with Gasteiger partial charge in [0, 0.05) is 18.6 Å². The van der Waals surface area contributed by atoms with E-state index in [1.165, 1.54) is 7.11 Å². The van der Waals surface area contributed by atoms with E-state index in [2.05, 4.69) is 4.74 Å². The van der Waals surface area contributed by atoms with E-state index < -0.39 is 18.0 Å². The highest BCUT2D eigenvalue weighted by Gasteiger charge is 2.27. The van der Waals surface area contributed by atoms with E-state index in [1.807, 2.05) is 0 Å². The number of hydrogen-bond donors (Lipinski definition) is 0. The molecule has 0 radical (unpaired) electrons. The van der Waals surface area contributed by atoms with Gasteiger partial charge in [-0.15, -0.1) is 0 Å². The van der Waals surface area contributed by atoms with Crippen LogP contribution in [0.3, 0.4) is 0 Å². The molecule has 0 unspecified atom stereocenters. The minimum absolute atomic E-state index is 0.0604. The maximum Gasteiger partial charge on any atom is 0.331 e. The third-order valence-electron chi connectivity index (χ3n) is 2.06. The second kappa shape index (κ2) is 5.29. The summed E-state index contributed by atoms with van der Waals surface area (Å²) >= 11 is 0. The predicted molar refractivity (Wildman–Crippen MR) is 49.9 cm³/mol. The summed E-state index contributed by atoms with van der Waals surface area (Å²) in [5.41, 5.74) is 0. The van der Waals surface area contributed by atoms with Crippen molar-refractivity contribution in [3.63, 3.8) is 0 Å². The Morgan fingerprint density at radius 3 is 2.53 bits per heavy atom. The fourth-order valence-corrected chi connectivity index (χ4v) is 1.29. The SMILES string of the molecule is COC(=O)/C=C/C(=O)O[C@@H]1CCCC1=O. The zero-order valence-electron chi connectivity index (χ0n) is 8.39. The summed E-state index contributed by atoms with van der Waals surface area (Å²) in [6.45, 7) is 0. The number of methoxy groups -OCH3 is 1. The summed E-state index contributed by atoms with van der Waals surface area (Å²) in [5.74, 6) is -1.39. The van der Waals surface area contributed by atoms with Crippen LogP contribution in [0.2, 0.25) is 0 Å². The summed E-state index contributed by atoms with van der Waals surface area (Å²) in [7, 11) is 1.21. The first-order valence-electron chi connectivity index (χ1n) is 4.63. The largest absolute Gasteiger partial charge is 0.466 e. The normalized spacial score (nSPS) is 20.6. The second-order valence-corrected chi connectivity index (χ2v) is 3.14. The monoisotopic (exact) mass is 212 g/mol. The molecule has 1 aliphatic rings. The van der Waals surface area contributed by atoms with Gasteiger partial charge in [-0.1, -0.05) is 0 Å². The lowest BCUT2D eigenvalue weighted by molar-refractivity contribution is -0.148. The Morgan fingerprint density at radius 2 is 2.00 bits per heavy atom. The van der Waals surface area contributed by atoms with Gasteiger partial charge in [-0.2, -0.15) is 0 Å². The number of ether oxygens (including phenoxy) is 2. The quantitative estimate of drug-likeness (QED) is 0.499. The molecule has 0 aromatic heterocycles. The van der Waals surface area contributed by atoms with Crippen molar-refractivity contribution >= 4 is 17.7 Å². The zero-order valence-corrected chi connectivity index (χ0v) is 8.39. The van der Waals surface area contributed by atoms with Crippen LogP contribution >= 0.6 is 0 Å². The van der Waals surface area contributed by atoms with E-state index in [0.717, 1.165) is 18.6 Å². The van der Waals surface area contributed by atoms with Gasteiger partial charge in [0.05, 0.1) is 7.11 Å². The van der Waals surface area contributed by atoms with Crippen LogP contribution in [0.15, 0.2) is 12.2 Å². The van der Waals surface area contributed by atoms with Crippen LogP contribution in [0, 0.1) is 0 Å². The standard InChI is InChI=1S/C10H12O5/c1-14-9(12)5-6-10(13)15-8-4-2-3-7(8)11/h5-6,8H,2-4H2,1H3/b6-5+/t8-/m1/s1. The van der Waals surface area contributed by atoms with E-state index in [4.69, 9.17) is 4.74 Å². The molecule has 5 nitrogen and oxygen atoms in total. The third kappa shape index (κ3) is 3.53. The molecular weight excluding hydrogens is 200 g/mol. The van der Waals surface area contributed by atoms with Crippen molar-refractivity contribution in [2.75, 3.05) is 7.11 Å².